The molecule has 0 aliphatic heterocycles. The smallest absolute Gasteiger partial charge is 0.421 e. The molecule has 0 heterocycles. The molecule has 28 heavy (non-hydrogen) atoms. The van der Waals surface area contributed by atoms with Gasteiger partial charge in [0, 0.05) is 0 Å². The number of amides is 1. The molecular formula is C22H30N2O4. The van der Waals surface area contributed by atoms with Crippen LogP contribution in [0.5, 0.6) is 5.75 Å². The first-order chi connectivity index (χ1) is 13.4. The Kier molecular flexibility index (Phi) is 8.29. The van der Waals surface area contributed by atoms with Gasteiger partial charge in [0.15, 0.2) is 0 Å². The van der Waals surface area contributed by atoms with E-state index in [9.17, 15) is 15.0 Å². The van der Waals surface area contributed by atoms with Crippen LogP contribution >= 0.6 is 0 Å². The topological polar surface area (TPSA) is 96.0 Å². The average Bonchev–Trinajstić information content (AvgIpc) is 2.69. The lowest BCUT2D eigenvalue weighted by molar-refractivity contribution is 0.0403. The van der Waals surface area contributed by atoms with E-state index in [2.05, 4.69) is 13.8 Å². The van der Waals surface area contributed by atoms with Gasteiger partial charge in [0.05, 0.1) is 12.1 Å². The fraction of sp³-hybridized carbons (Fsp3) is 0.409. The molecule has 2 unspecified atom stereocenters. The van der Waals surface area contributed by atoms with Gasteiger partial charge < -0.3 is 14.9 Å². The third-order valence-electron chi connectivity index (χ3n) is 4.68. The number of hydrogen-bond donors (Lipinski definition) is 3. The summed E-state index contributed by atoms with van der Waals surface area (Å²) < 4.78 is 5.77. The van der Waals surface area contributed by atoms with Crippen LogP contribution in [0, 0.1) is 5.92 Å². The molecule has 0 bridgehead atoms. The maximum absolute atomic E-state index is 11.3. The van der Waals surface area contributed by atoms with E-state index in [0.717, 1.165) is 23.3 Å². The van der Waals surface area contributed by atoms with Gasteiger partial charge in [-0.05, 0) is 48.4 Å². The van der Waals surface area contributed by atoms with Crippen molar-refractivity contribution >= 4 is 6.09 Å². The zero-order valence-electron chi connectivity index (χ0n) is 16.5. The van der Waals surface area contributed by atoms with Crippen molar-refractivity contribution in [3.05, 3.63) is 65.7 Å². The highest BCUT2D eigenvalue weighted by molar-refractivity contribution is 5.64. The number of hydrazine groups is 1. The number of ether oxygens (including phenoxy) is 1. The molecule has 0 aliphatic rings. The van der Waals surface area contributed by atoms with Gasteiger partial charge in [0.2, 0.25) is 0 Å². The second-order valence-corrected chi connectivity index (χ2v) is 7.42. The molecule has 6 heteroatoms. The minimum atomic E-state index is -1.25. The number of aliphatic hydroxyl groups excluding tert-OH is 1. The Morgan fingerprint density at radius 2 is 1.68 bits per heavy atom. The normalized spacial score (nSPS) is 13.2. The Bertz CT molecular complexity index is 719. The summed E-state index contributed by atoms with van der Waals surface area (Å²) in [5.74, 6) is 6.86. The first-order valence-electron chi connectivity index (χ1n) is 9.57. The molecule has 0 saturated carbocycles. The monoisotopic (exact) mass is 386 g/mol. The van der Waals surface area contributed by atoms with Crippen molar-refractivity contribution in [3.8, 4) is 5.75 Å². The molecule has 2 aromatic rings. The number of carboxylic acid groups (broad SMARTS) is 1. The Morgan fingerprint density at radius 1 is 1.04 bits per heavy atom. The fourth-order valence-electron chi connectivity index (χ4n) is 2.96. The molecule has 2 rings (SSSR count). The van der Waals surface area contributed by atoms with Crippen LogP contribution in [-0.4, -0.2) is 33.5 Å². The molecule has 0 aliphatic carbocycles. The van der Waals surface area contributed by atoms with Crippen molar-refractivity contribution in [1.82, 2.24) is 5.01 Å². The second kappa shape index (κ2) is 10.7. The van der Waals surface area contributed by atoms with Crippen molar-refractivity contribution in [2.45, 2.75) is 51.9 Å². The Labute approximate surface area is 166 Å². The highest BCUT2D eigenvalue weighted by Crippen LogP contribution is 2.19. The maximum Gasteiger partial charge on any atom is 0.421 e. The van der Waals surface area contributed by atoms with Gasteiger partial charge in [0.1, 0.15) is 12.4 Å². The summed E-state index contributed by atoms with van der Waals surface area (Å²) in [7, 11) is 0. The summed E-state index contributed by atoms with van der Waals surface area (Å²) in [6.45, 7) is 4.60. The van der Waals surface area contributed by atoms with Crippen LogP contribution in [0.2, 0.25) is 0 Å². The fourth-order valence-corrected chi connectivity index (χ4v) is 2.96. The van der Waals surface area contributed by atoms with Crippen molar-refractivity contribution in [2.75, 3.05) is 0 Å². The summed E-state index contributed by atoms with van der Waals surface area (Å²) in [4.78, 5) is 11.3. The lowest BCUT2D eigenvalue weighted by atomic mass is 9.95. The van der Waals surface area contributed by atoms with E-state index >= 15 is 0 Å². The van der Waals surface area contributed by atoms with Gasteiger partial charge in [-0.25, -0.2) is 15.6 Å². The van der Waals surface area contributed by atoms with Gasteiger partial charge in [-0.15, -0.1) is 0 Å². The van der Waals surface area contributed by atoms with Crippen LogP contribution in [-0.2, 0) is 13.0 Å². The number of benzene rings is 2. The predicted molar refractivity (Wildman–Crippen MR) is 109 cm³/mol. The van der Waals surface area contributed by atoms with Gasteiger partial charge in [-0.3, -0.25) is 0 Å². The highest BCUT2D eigenvalue weighted by Gasteiger charge is 2.28. The summed E-state index contributed by atoms with van der Waals surface area (Å²) in [5.41, 5.74) is 1.97. The second-order valence-electron chi connectivity index (χ2n) is 7.42. The molecule has 0 fully saturated rings. The lowest BCUT2D eigenvalue weighted by Crippen LogP contribution is -2.51. The van der Waals surface area contributed by atoms with Crippen molar-refractivity contribution in [3.63, 3.8) is 0 Å². The van der Waals surface area contributed by atoms with Crippen LogP contribution in [0.1, 0.15) is 37.8 Å². The Balaban J connectivity index is 1.99. The van der Waals surface area contributed by atoms with Crippen LogP contribution in [0.25, 0.3) is 0 Å². The number of nitrogens with zero attached hydrogens (tertiary/aromatic N) is 1. The lowest BCUT2D eigenvalue weighted by Gasteiger charge is -2.30. The quantitative estimate of drug-likeness (QED) is 0.328. The molecule has 0 spiro atoms. The molecule has 6 nitrogen and oxygen atoms in total. The number of carbonyl (C=O) groups is 1. The van der Waals surface area contributed by atoms with Crippen LogP contribution in [0.15, 0.2) is 54.6 Å². The third kappa shape index (κ3) is 6.87. The summed E-state index contributed by atoms with van der Waals surface area (Å²) in [6, 6.07) is 16.6. The van der Waals surface area contributed by atoms with Gasteiger partial charge in [0.25, 0.3) is 0 Å². The van der Waals surface area contributed by atoms with Crippen LogP contribution < -0.4 is 10.6 Å². The molecule has 152 valence electrons. The Hall–Kier alpha value is -2.57. The number of hydrogen-bond acceptors (Lipinski definition) is 4. The number of aliphatic hydroxyl groups is 1. The van der Waals surface area contributed by atoms with E-state index in [1.165, 1.54) is 0 Å². The summed E-state index contributed by atoms with van der Waals surface area (Å²) in [5, 5.41) is 20.5. The van der Waals surface area contributed by atoms with Crippen LogP contribution in [0.4, 0.5) is 4.79 Å². The predicted octanol–water partition coefficient (Wildman–Crippen LogP) is 3.83. The van der Waals surface area contributed by atoms with E-state index in [0.29, 0.717) is 30.4 Å². The zero-order chi connectivity index (χ0) is 20.5. The largest absolute Gasteiger partial charge is 0.489 e. The number of rotatable bonds is 10. The molecular weight excluding hydrogens is 356 g/mol. The standard InChI is InChI=1S/C22H30N2O4/c1-16(2)8-13-21(25)20(24(23)22(26)27)14-17-9-11-19(12-10-17)28-15-18-6-4-3-5-7-18/h3-7,9-12,16,20-21,25H,8,13-15,23H2,1-2H3,(H,26,27). The molecule has 2 aromatic carbocycles. The maximum atomic E-state index is 11.3. The van der Waals surface area contributed by atoms with E-state index in [-0.39, 0.29) is 0 Å². The first-order valence-corrected chi connectivity index (χ1v) is 9.57. The van der Waals surface area contributed by atoms with Crippen molar-refractivity contribution in [1.29, 1.82) is 0 Å². The first kappa shape index (κ1) is 21.7. The minimum absolute atomic E-state index is 0.334. The minimum Gasteiger partial charge on any atom is -0.489 e. The van der Waals surface area contributed by atoms with E-state index in [1.807, 2.05) is 54.6 Å². The Morgan fingerprint density at radius 3 is 2.25 bits per heavy atom. The molecule has 0 saturated heterocycles. The molecule has 0 aromatic heterocycles. The van der Waals surface area contributed by atoms with E-state index < -0.39 is 18.2 Å². The SMILES string of the molecule is CC(C)CCC(O)C(Cc1ccc(OCc2ccccc2)cc1)N(N)C(=O)O. The number of nitrogens with two attached hydrogens (primary N) is 1. The average molecular weight is 386 g/mol. The molecule has 4 N–H and O–H groups in total. The van der Waals surface area contributed by atoms with Gasteiger partial charge in [-0.1, -0.05) is 56.3 Å². The van der Waals surface area contributed by atoms with Crippen molar-refractivity contribution in [2.24, 2.45) is 11.8 Å². The molecule has 2 atom stereocenters. The van der Waals surface area contributed by atoms with E-state index in [4.69, 9.17) is 10.6 Å². The zero-order valence-corrected chi connectivity index (χ0v) is 16.5. The summed E-state index contributed by atoms with van der Waals surface area (Å²) in [6.07, 6.45) is -0.436. The van der Waals surface area contributed by atoms with Gasteiger partial charge >= 0.3 is 6.09 Å². The molecule has 1 amide bonds. The van der Waals surface area contributed by atoms with Crippen LogP contribution in [0.3, 0.4) is 0 Å². The molecule has 0 radical (unpaired) electrons. The summed E-state index contributed by atoms with van der Waals surface area (Å²) >= 11 is 0. The van der Waals surface area contributed by atoms with Gasteiger partial charge in [-0.2, -0.15) is 0 Å². The highest BCUT2D eigenvalue weighted by atomic mass is 16.5. The van der Waals surface area contributed by atoms with Crippen molar-refractivity contribution < 1.29 is 19.7 Å². The van der Waals surface area contributed by atoms with E-state index in [1.54, 1.807) is 0 Å². The third-order valence-corrected chi connectivity index (χ3v) is 4.68.